The second-order valence-corrected chi connectivity index (χ2v) is 3.89. The number of rotatable bonds is 4. The van der Waals surface area contributed by atoms with Gasteiger partial charge in [-0.15, -0.1) is 0 Å². The highest BCUT2D eigenvalue weighted by atomic mass is 19.1. The fraction of sp³-hybridized carbons (Fsp3) is 0.231. The molecule has 0 atom stereocenters. The van der Waals surface area contributed by atoms with Crippen molar-refractivity contribution in [1.29, 1.82) is 0 Å². The number of methoxy groups -OCH3 is 2. The van der Waals surface area contributed by atoms with E-state index < -0.39 is 5.82 Å². The average Bonchev–Trinajstić information content (AvgIpc) is 2.43. The van der Waals surface area contributed by atoms with Crippen LogP contribution in [0.4, 0.5) is 10.2 Å². The predicted octanol–water partition coefficient (Wildman–Crippen LogP) is 1.81. The van der Waals surface area contributed by atoms with Gasteiger partial charge in [0.2, 0.25) is 0 Å². The Morgan fingerprint density at radius 2 is 1.89 bits per heavy atom. The summed E-state index contributed by atoms with van der Waals surface area (Å²) in [5, 5.41) is 0. The summed E-state index contributed by atoms with van der Waals surface area (Å²) in [4.78, 5) is 7.48. The Bertz CT molecular complexity index is 590. The molecule has 19 heavy (non-hydrogen) atoms. The topological polar surface area (TPSA) is 70.3 Å². The minimum absolute atomic E-state index is 0.148. The van der Waals surface area contributed by atoms with Crippen molar-refractivity contribution >= 4 is 5.82 Å². The van der Waals surface area contributed by atoms with E-state index >= 15 is 0 Å². The first-order valence-electron chi connectivity index (χ1n) is 5.61. The predicted molar refractivity (Wildman–Crippen MR) is 68.8 cm³/mol. The van der Waals surface area contributed by atoms with Gasteiger partial charge in [-0.3, -0.25) is 0 Å². The van der Waals surface area contributed by atoms with Gasteiger partial charge < -0.3 is 15.2 Å². The van der Waals surface area contributed by atoms with E-state index in [2.05, 4.69) is 9.97 Å². The van der Waals surface area contributed by atoms with Gasteiger partial charge in [-0.05, 0) is 17.7 Å². The summed E-state index contributed by atoms with van der Waals surface area (Å²) in [6, 6.07) is 5.35. The van der Waals surface area contributed by atoms with Crippen LogP contribution in [-0.2, 0) is 6.42 Å². The van der Waals surface area contributed by atoms with Gasteiger partial charge in [0, 0.05) is 6.42 Å². The molecule has 0 aliphatic heterocycles. The van der Waals surface area contributed by atoms with Crippen molar-refractivity contribution in [1.82, 2.24) is 9.97 Å². The molecule has 1 aromatic heterocycles. The Morgan fingerprint density at radius 1 is 1.16 bits per heavy atom. The maximum Gasteiger partial charge on any atom is 0.187 e. The lowest BCUT2D eigenvalue weighted by Crippen LogP contribution is -2.03. The molecule has 2 N–H and O–H groups in total. The average molecular weight is 263 g/mol. The SMILES string of the molecule is COc1ccc(Cc2ncnc(N)c2F)cc1OC. The van der Waals surface area contributed by atoms with Crippen LogP contribution in [0.3, 0.4) is 0 Å². The van der Waals surface area contributed by atoms with Crippen molar-refractivity contribution in [2.75, 3.05) is 20.0 Å². The van der Waals surface area contributed by atoms with Crippen molar-refractivity contribution < 1.29 is 13.9 Å². The van der Waals surface area contributed by atoms with Gasteiger partial charge in [0.15, 0.2) is 23.1 Å². The summed E-state index contributed by atoms with van der Waals surface area (Å²) in [6.07, 6.45) is 1.55. The molecule has 1 aromatic carbocycles. The summed E-state index contributed by atoms with van der Waals surface area (Å²) in [7, 11) is 3.10. The molecule has 1 heterocycles. The monoisotopic (exact) mass is 263 g/mol. The van der Waals surface area contributed by atoms with E-state index in [9.17, 15) is 4.39 Å². The number of benzene rings is 1. The van der Waals surface area contributed by atoms with Crippen LogP contribution in [0, 0.1) is 5.82 Å². The van der Waals surface area contributed by atoms with Crippen LogP contribution in [0.1, 0.15) is 11.3 Å². The first kappa shape index (κ1) is 13.1. The molecule has 0 fully saturated rings. The Kier molecular flexibility index (Phi) is 3.79. The quantitative estimate of drug-likeness (QED) is 0.910. The highest BCUT2D eigenvalue weighted by molar-refractivity contribution is 5.44. The molecule has 0 unspecified atom stereocenters. The van der Waals surface area contributed by atoms with Crippen molar-refractivity contribution in [3.05, 3.63) is 41.6 Å². The van der Waals surface area contributed by atoms with Crippen LogP contribution in [-0.4, -0.2) is 24.2 Å². The number of aromatic nitrogens is 2. The fourth-order valence-corrected chi connectivity index (χ4v) is 1.73. The van der Waals surface area contributed by atoms with E-state index in [0.717, 1.165) is 5.56 Å². The molecule has 0 amide bonds. The lowest BCUT2D eigenvalue weighted by Gasteiger charge is -2.09. The minimum atomic E-state index is -0.586. The summed E-state index contributed by atoms with van der Waals surface area (Å²) in [6.45, 7) is 0. The minimum Gasteiger partial charge on any atom is -0.493 e. The number of nitrogen functional groups attached to an aromatic ring is 1. The molecule has 2 aromatic rings. The van der Waals surface area contributed by atoms with Crippen LogP contribution in [0.2, 0.25) is 0 Å². The second-order valence-electron chi connectivity index (χ2n) is 3.89. The van der Waals surface area contributed by atoms with Crippen molar-refractivity contribution in [2.45, 2.75) is 6.42 Å². The molecule has 6 heteroatoms. The van der Waals surface area contributed by atoms with Crippen LogP contribution >= 0.6 is 0 Å². The number of nitrogens with zero attached hydrogens (tertiary/aromatic N) is 2. The third-order valence-electron chi connectivity index (χ3n) is 2.71. The zero-order chi connectivity index (χ0) is 13.8. The van der Waals surface area contributed by atoms with Gasteiger partial charge in [-0.2, -0.15) is 0 Å². The highest BCUT2D eigenvalue weighted by Crippen LogP contribution is 2.28. The van der Waals surface area contributed by atoms with Crippen molar-refractivity contribution in [2.24, 2.45) is 0 Å². The van der Waals surface area contributed by atoms with Gasteiger partial charge in [0.25, 0.3) is 0 Å². The first-order chi connectivity index (χ1) is 9.15. The largest absolute Gasteiger partial charge is 0.493 e. The third-order valence-corrected chi connectivity index (χ3v) is 2.71. The Balaban J connectivity index is 2.31. The zero-order valence-corrected chi connectivity index (χ0v) is 10.7. The molecular weight excluding hydrogens is 249 g/mol. The lowest BCUT2D eigenvalue weighted by atomic mass is 10.1. The molecule has 0 saturated carbocycles. The maximum atomic E-state index is 13.7. The van der Waals surface area contributed by atoms with E-state index in [1.54, 1.807) is 26.4 Å². The molecule has 0 spiro atoms. The van der Waals surface area contributed by atoms with Crippen LogP contribution < -0.4 is 15.2 Å². The number of hydrogen-bond donors (Lipinski definition) is 1. The molecule has 0 aliphatic rings. The van der Waals surface area contributed by atoms with Crippen molar-refractivity contribution in [3.63, 3.8) is 0 Å². The first-order valence-corrected chi connectivity index (χ1v) is 5.61. The molecule has 2 rings (SSSR count). The van der Waals surface area contributed by atoms with Gasteiger partial charge >= 0.3 is 0 Å². The molecule has 0 aliphatic carbocycles. The zero-order valence-electron chi connectivity index (χ0n) is 10.7. The van der Waals surface area contributed by atoms with Gasteiger partial charge in [0.1, 0.15) is 6.33 Å². The number of anilines is 1. The second kappa shape index (κ2) is 5.51. The lowest BCUT2D eigenvalue weighted by molar-refractivity contribution is 0.354. The summed E-state index contributed by atoms with van der Waals surface area (Å²) >= 11 is 0. The number of ether oxygens (including phenoxy) is 2. The molecule has 0 saturated heterocycles. The van der Waals surface area contributed by atoms with E-state index in [1.165, 1.54) is 6.33 Å². The van der Waals surface area contributed by atoms with Gasteiger partial charge in [-0.1, -0.05) is 6.07 Å². The molecule has 0 radical (unpaired) electrons. The number of nitrogens with two attached hydrogens (primary N) is 1. The Labute approximate surface area is 110 Å². The third kappa shape index (κ3) is 2.73. The molecular formula is C13H14FN3O2. The molecule has 100 valence electrons. The fourth-order valence-electron chi connectivity index (χ4n) is 1.73. The standard InChI is InChI=1S/C13H14FN3O2/c1-18-10-4-3-8(6-11(10)19-2)5-9-12(14)13(15)17-7-16-9/h3-4,6-7H,5H2,1-2H3,(H2,15,16,17). The van der Waals surface area contributed by atoms with E-state index in [1.807, 2.05) is 6.07 Å². The summed E-state index contributed by atoms with van der Waals surface area (Å²) in [5.41, 5.74) is 6.50. The van der Waals surface area contributed by atoms with Crippen LogP contribution in [0.25, 0.3) is 0 Å². The number of hydrogen-bond acceptors (Lipinski definition) is 5. The van der Waals surface area contributed by atoms with E-state index in [-0.39, 0.29) is 11.5 Å². The van der Waals surface area contributed by atoms with E-state index in [4.69, 9.17) is 15.2 Å². The Morgan fingerprint density at radius 3 is 2.58 bits per heavy atom. The van der Waals surface area contributed by atoms with E-state index in [0.29, 0.717) is 17.9 Å². The smallest absolute Gasteiger partial charge is 0.187 e. The normalized spacial score (nSPS) is 10.3. The molecule has 0 bridgehead atoms. The van der Waals surface area contributed by atoms with Gasteiger partial charge in [-0.25, -0.2) is 14.4 Å². The highest BCUT2D eigenvalue weighted by Gasteiger charge is 2.11. The van der Waals surface area contributed by atoms with Crippen molar-refractivity contribution in [3.8, 4) is 11.5 Å². The summed E-state index contributed by atoms with van der Waals surface area (Å²) in [5.74, 6) is 0.471. The van der Waals surface area contributed by atoms with Crippen LogP contribution in [0.5, 0.6) is 11.5 Å². The summed E-state index contributed by atoms with van der Waals surface area (Å²) < 4.78 is 24.0. The molecule has 5 nitrogen and oxygen atoms in total. The van der Waals surface area contributed by atoms with Crippen LogP contribution in [0.15, 0.2) is 24.5 Å². The van der Waals surface area contributed by atoms with Gasteiger partial charge in [0.05, 0.1) is 19.9 Å². The Hall–Kier alpha value is -2.37. The number of halogens is 1. The maximum absolute atomic E-state index is 13.7.